The first-order valence-corrected chi connectivity index (χ1v) is 7.76. The van der Waals surface area contributed by atoms with Gasteiger partial charge in [-0.1, -0.05) is 11.6 Å². The fourth-order valence-electron chi connectivity index (χ4n) is 1.72. The van der Waals surface area contributed by atoms with Gasteiger partial charge >= 0.3 is 0 Å². The molecule has 0 atom stereocenters. The molecule has 0 aliphatic rings. The van der Waals surface area contributed by atoms with Crippen LogP contribution >= 0.6 is 22.9 Å². The SMILES string of the molecule is Cc1nc(CNC(=O)C(C)(C)Oc2ccc(Cl)cc2)cs1. The van der Waals surface area contributed by atoms with E-state index in [9.17, 15) is 4.79 Å². The Balaban J connectivity index is 1.94. The number of aryl methyl sites for hydroxylation is 1. The van der Waals surface area contributed by atoms with Crippen molar-refractivity contribution >= 4 is 28.8 Å². The minimum Gasteiger partial charge on any atom is -0.478 e. The van der Waals surface area contributed by atoms with Crippen LogP contribution in [0.4, 0.5) is 0 Å². The molecule has 0 unspecified atom stereocenters. The Morgan fingerprint density at radius 2 is 2.05 bits per heavy atom. The van der Waals surface area contributed by atoms with E-state index in [-0.39, 0.29) is 5.91 Å². The summed E-state index contributed by atoms with van der Waals surface area (Å²) in [5, 5.41) is 6.38. The first-order valence-electron chi connectivity index (χ1n) is 6.51. The molecule has 6 heteroatoms. The minimum atomic E-state index is -0.973. The van der Waals surface area contributed by atoms with Crippen LogP contribution in [0.3, 0.4) is 0 Å². The Labute approximate surface area is 133 Å². The zero-order chi connectivity index (χ0) is 15.5. The van der Waals surface area contributed by atoms with Crippen LogP contribution in [0.15, 0.2) is 29.6 Å². The molecule has 1 N–H and O–H groups in total. The quantitative estimate of drug-likeness (QED) is 0.914. The molecule has 0 radical (unpaired) electrons. The van der Waals surface area contributed by atoms with Crippen molar-refractivity contribution in [3.63, 3.8) is 0 Å². The lowest BCUT2D eigenvalue weighted by Gasteiger charge is -2.25. The predicted molar refractivity (Wildman–Crippen MR) is 84.9 cm³/mol. The number of thiazole rings is 1. The molecule has 2 rings (SSSR count). The van der Waals surface area contributed by atoms with Gasteiger partial charge in [0.25, 0.3) is 5.91 Å². The summed E-state index contributed by atoms with van der Waals surface area (Å²) < 4.78 is 5.72. The fourth-order valence-corrected chi connectivity index (χ4v) is 2.46. The van der Waals surface area contributed by atoms with E-state index in [1.165, 1.54) is 0 Å². The maximum absolute atomic E-state index is 12.2. The lowest BCUT2D eigenvalue weighted by atomic mass is 10.1. The third-order valence-electron chi connectivity index (χ3n) is 2.83. The largest absolute Gasteiger partial charge is 0.478 e. The van der Waals surface area contributed by atoms with E-state index < -0.39 is 5.60 Å². The highest BCUT2D eigenvalue weighted by Gasteiger charge is 2.29. The molecule has 0 aliphatic heterocycles. The number of ether oxygens (including phenoxy) is 1. The fraction of sp³-hybridized carbons (Fsp3) is 0.333. The van der Waals surface area contributed by atoms with Crippen LogP contribution in [0.25, 0.3) is 0 Å². The van der Waals surface area contributed by atoms with E-state index in [1.807, 2.05) is 12.3 Å². The number of hydrogen-bond donors (Lipinski definition) is 1. The average molecular weight is 325 g/mol. The molecule has 0 spiro atoms. The van der Waals surface area contributed by atoms with E-state index in [4.69, 9.17) is 16.3 Å². The number of nitrogens with zero attached hydrogens (tertiary/aromatic N) is 1. The normalized spacial score (nSPS) is 11.2. The highest BCUT2D eigenvalue weighted by molar-refractivity contribution is 7.09. The van der Waals surface area contributed by atoms with Gasteiger partial charge in [0, 0.05) is 10.4 Å². The summed E-state index contributed by atoms with van der Waals surface area (Å²) in [6.45, 7) is 5.78. The standard InChI is InChI=1S/C15H17ClN2O2S/c1-10-18-12(9-21-10)8-17-14(19)15(2,3)20-13-6-4-11(16)5-7-13/h4-7,9H,8H2,1-3H3,(H,17,19). The van der Waals surface area contributed by atoms with Gasteiger partial charge in [0.2, 0.25) is 0 Å². The van der Waals surface area contributed by atoms with Crippen molar-refractivity contribution in [1.29, 1.82) is 0 Å². The van der Waals surface area contributed by atoms with Crippen molar-refractivity contribution in [1.82, 2.24) is 10.3 Å². The maximum atomic E-state index is 12.2. The molecule has 0 bridgehead atoms. The Hall–Kier alpha value is -1.59. The van der Waals surface area contributed by atoms with E-state index in [0.29, 0.717) is 17.3 Å². The van der Waals surface area contributed by atoms with E-state index in [1.54, 1.807) is 49.4 Å². The van der Waals surface area contributed by atoms with Crippen LogP contribution in [-0.2, 0) is 11.3 Å². The molecule has 0 saturated heterocycles. The second kappa shape index (κ2) is 6.45. The third-order valence-corrected chi connectivity index (χ3v) is 3.90. The molecule has 4 nitrogen and oxygen atoms in total. The van der Waals surface area contributed by atoms with Crippen molar-refractivity contribution in [2.75, 3.05) is 0 Å². The molecule has 1 aromatic carbocycles. The minimum absolute atomic E-state index is 0.192. The van der Waals surface area contributed by atoms with Gasteiger partial charge in [-0.2, -0.15) is 0 Å². The smallest absolute Gasteiger partial charge is 0.263 e. The molecule has 0 saturated carbocycles. The third kappa shape index (κ3) is 4.44. The molecular formula is C15H17ClN2O2S. The molecule has 1 aromatic heterocycles. The predicted octanol–water partition coefficient (Wildman–Crippen LogP) is 3.58. The highest BCUT2D eigenvalue weighted by atomic mass is 35.5. The van der Waals surface area contributed by atoms with E-state index >= 15 is 0 Å². The van der Waals surface area contributed by atoms with Crippen LogP contribution in [0.1, 0.15) is 24.5 Å². The van der Waals surface area contributed by atoms with Crippen LogP contribution < -0.4 is 10.1 Å². The topological polar surface area (TPSA) is 51.2 Å². The number of nitrogens with one attached hydrogen (secondary N) is 1. The summed E-state index contributed by atoms with van der Waals surface area (Å²) in [5.74, 6) is 0.409. The van der Waals surface area contributed by atoms with Crippen molar-refractivity contribution < 1.29 is 9.53 Å². The molecular weight excluding hydrogens is 308 g/mol. The first-order chi connectivity index (χ1) is 9.87. The number of amides is 1. The molecule has 0 fully saturated rings. The van der Waals surface area contributed by atoms with Crippen LogP contribution in [0, 0.1) is 6.92 Å². The van der Waals surface area contributed by atoms with E-state index in [0.717, 1.165) is 10.7 Å². The molecule has 1 heterocycles. The molecule has 1 amide bonds. The van der Waals surface area contributed by atoms with Crippen molar-refractivity contribution in [3.05, 3.63) is 45.4 Å². The van der Waals surface area contributed by atoms with Gasteiger partial charge in [-0.3, -0.25) is 4.79 Å². The average Bonchev–Trinajstić information content (AvgIpc) is 2.84. The van der Waals surface area contributed by atoms with E-state index in [2.05, 4.69) is 10.3 Å². The van der Waals surface area contributed by atoms with Crippen molar-refractivity contribution in [2.45, 2.75) is 32.9 Å². The number of hydrogen-bond acceptors (Lipinski definition) is 4. The first kappa shape index (κ1) is 15.8. The van der Waals surface area contributed by atoms with Gasteiger partial charge in [0.15, 0.2) is 5.60 Å². The molecule has 0 aliphatic carbocycles. The monoisotopic (exact) mass is 324 g/mol. The molecule has 21 heavy (non-hydrogen) atoms. The Morgan fingerprint density at radius 3 is 2.62 bits per heavy atom. The van der Waals surface area contributed by atoms with Crippen molar-refractivity contribution in [3.8, 4) is 5.75 Å². The maximum Gasteiger partial charge on any atom is 0.263 e. The number of rotatable bonds is 5. The highest BCUT2D eigenvalue weighted by Crippen LogP contribution is 2.21. The van der Waals surface area contributed by atoms with Gasteiger partial charge in [0.1, 0.15) is 5.75 Å². The lowest BCUT2D eigenvalue weighted by molar-refractivity contribution is -0.134. The Kier molecular flexibility index (Phi) is 4.85. The molecule has 2 aromatic rings. The van der Waals surface area contributed by atoms with Crippen molar-refractivity contribution in [2.24, 2.45) is 0 Å². The second-order valence-corrected chi connectivity index (χ2v) is 6.61. The zero-order valence-electron chi connectivity index (χ0n) is 12.1. The zero-order valence-corrected chi connectivity index (χ0v) is 13.7. The van der Waals surface area contributed by atoms with Crippen LogP contribution in [0.2, 0.25) is 5.02 Å². The summed E-state index contributed by atoms with van der Waals surface area (Å²) in [7, 11) is 0. The summed E-state index contributed by atoms with van der Waals surface area (Å²) >= 11 is 7.39. The number of benzene rings is 1. The summed E-state index contributed by atoms with van der Waals surface area (Å²) in [6, 6.07) is 6.92. The van der Waals surface area contributed by atoms with Gasteiger partial charge in [-0.05, 0) is 45.0 Å². The Morgan fingerprint density at radius 1 is 1.38 bits per heavy atom. The van der Waals surface area contributed by atoms with Crippen LogP contribution in [-0.4, -0.2) is 16.5 Å². The number of carbonyl (C=O) groups excluding carboxylic acids is 1. The Bertz CT molecular complexity index is 623. The lowest BCUT2D eigenvalue weighted by Crippen LogP contribution is -2.46. The molecule has 112 valence electrons. The van der Waals surface area contributed by atoms with Gasteiger partial charge in [-0.25, -0.2) is 4.98 Å². The van der Waals surface area contributed by atoms with Crippen LogP contribution in [0.5, 0.6) is 5.75 Å². The van der Waals surface area contributed by atoms with Gasteiger partial charge in [-0.15, -0.1) is 11.3 Å². The number of aromatic nitrogens is 1. The number of carbonyl (C=O) groups is 1. The van der Waals surface area contributed by atoms with Gasteiger partial charge < -0.3 is 10.1 Å². The number of halogens is 1. The van der Waals surface area contributed by atoms with Gasteiger partial charge in [0.05, 0.1) is 17.2 Å². The summed E-state index contributed by atoms with van der Waals surface area (Å²) in [4.78, 5) is 16.5. The summed E-state index contributed by atoms with van der Waals surface area (Å²) in [5.41, 5.74) is -0.119. The summed E-state index contributed by atoms with van der Waals surface area (Å²) in [6.07, 6.45) is 0. The second-order valence-electron chi connectivity index (χ2n) is 5.11.